The lowest BCUT2D eigenvalue weighted by atomic mass is 9.93. The highest BCUT2D eigenvalue weighted by Gasteiger charge is 2.51. The van der Waals surface area contributed by atoms with Gasteiger partial charge in [-0.1, -0.05) is 91.9 Å². The summed E-state index contributed by atoms with van der Waals surface area (Å²) in [5.41, 5.74) is 9.46. The Kier molecular flexibility index (Phi) is 16.3. The maximum absolute atomic E-state index is 12.9. The van der Waals surface area contributed by atoms with Gasteiger partial charge in [-0.3, -0.25) is 9.59 Å². The molecule has 2 saturated heterocycles. The van der Waals surface area contributed by atoms with E-state index in [1.807, 2.05) is 73.9 Å². The maximum atomic E-state index is 12.9. The molecule has 2 heterocycles. The van der Waals surface area contributed by atoms with Crippen LogP contribution in [-0.2, 0) is 48.2 Å². The van der Waals surface area contributed by atoms with E-state index in [1.165, 1.54) is 12.1 Å². The second-order valence-corrected chi connectivity index (χ2v) is 15.1. The zero-order valence-electron chi connectivity index (χ0n) is 33.5. The molecule has 4 aromatic carbocycles. The van der Waals surface area contributed by atoms with Crippen LogP contribution in [0.15, 0.2) is 109 Å². The molecule has 2 aliphatic rings. The lowest BCUT2D eigenvalue weighted by Crippen LogP contribution is -2.65. The summed E-state index contributed by atoms with van der Waals surface area (Å²) in [6, 6.07) is 30.5. The first-order chi connectivity index (χ1) is 29.5. The minimum absolute atomic E-state index is 0.00288. The van der Waals surface area contributed by atoms with Crippen molar-refractivity contribution >= 4 is 12.2 Å². The van der Waals surface area contributed by atoms with Crippen LogP contribution in [-0.4, -0.2) is 130 Å². The number of amides is 1. The van der Waals surface area contributed by atoms with Gasteiger partial charge >= 0.3 is 0 Å². The van der Waals surface area contributed by atoms with Gasteiger partial charge in [0.1, 0.15) is 66.9 Å². The van der Waals surface area contributed by atoms with Crippen LogP contribution >= 0.6 is 0 Å². The van der Waals surface area contributed by atoms with Crippen molar-refractivity contribution in [1.29, 1.82) is 0 Å². The van der Waals surface area contributed by atoms with Crippen molar-refractivity contribution in [2.75, 3.05) is 13.2 Å². The van der Waals surface area contributed by atoms with Gasteiger partial charge in [0.15, 0.2) is 6.29 Å². The summed E-state index contributed by atoms with van der Waals surface area (Å²) in [6.45, 7) is 0.876. The minimum atomic E-state index is -1.74. The Morgan fingerprint density at radius 1 is 0.705 bits per heavy atom. The van der Waals surface area contributed by atoms with Crippen molar-refractivity contribution in [3.8, 4) is 11.5 Å². The van der Waals surface area contributed by atoms with E-state index in [1.54, 1.807) is 36.4 Å². The van der Waals surface area contributed by atoms with Gasteiger partial charge in [0.2, 0.25) is 18.5 Å². The van der Waals surface area contributed by atoms with Crippen molar-refractivity contribution in [3.05, 3.63) is 131 Å². The summed E-state index contributed by atoms with van der Waals surface area (Å²) in [7, 11) is 0. The highest BCUT2D eigenvalue weighted by atomic mass is 16.7. The standard InChI is InChI=1S/C45H53N2O14/c1-26(30-10-6-3-7-11-30)36(46)43(55)47-31(21-48)20-27-12-18-33(19-13-27)58-44-40(54)38(52)42(35(23-50)60-44)61-45-39(53)37(51)41(34(22-49)59-45)57-25-29-14-16-32(17-15-29)56-24-28-8-4-2-5-9-28/h2-19,26,31,34-42,44-45,49-54H,20,22-25,46H2,1H3,(H,47,55)/t26?,31-,34?,35?,36-,37?,38?,39?,40?,41?,42?,44?,45?/m0/s1. The van der Waals surface area contributed by atoms with Crippen LogP contribution < -0.4 is 20.5 Å². The van der Waals surface area contributed by atoms with Crippen LogP contribution in [0.5, 0.6) is 11.5 Å². The SMILES string of the molecule is CC(c1ccccc1)[C@H](N)C(=O)N[C@H]([C]=O)Cc1ccc(OC2OC(CO)C(OC3OC(CO)C(OCc4ccc(OCc5ccccc5)cc4)C(O)C3O)C(O)C2O)cc1. The van der Waals surface area contributed by atoms with E-state index in [2.05, 4.69) is 5.32 Å². The lowest BCUT2D eigenvalue weighted by molar-refractivity contribution is -0.355. The number of nitrogens with one attached hydrogen (secondary N) is 1. The van der Waals surface area contributed by atoms with Crippen molar-refractivity contribution in [1.82, 2.24) is 5.32 Å². The number of ether oxygens (including phenoxy) is 6. The molecule has 2 fully saturated rings. The second kappa shape index (κ2) is 21.8. The molecular formula is C45H53N2O14. The zero-order chi connectivity index (χ0) is 43.5. The Morgan fingerprint density at radius 3 is 1.89 bits per heavy atom. The lowest BCUT2D eigenvalue weighted by Gasteiger charge is -2.46. The van der Waals surface area contributed by atoms with Gasteiger partial charge in [0.05, 0.1) is 31.9 Å². The van der Waals surface area contributed by atoms with E-state index >= 15 is 0 Å². The number of hydrogen-bond donors (Lipinski definition) is 8. The highest BCUT2D eigenvalue weighted by Crippen LogP contribution is 2.32. The van der Waals surface area contributed by atoms with Crippen molar-refractivity contribution in [3.63, 3.8) is 0 Å². The number of rotatable bonds is 19. The largest absolute Gasteiger partial charge is 0.489 e. The smallest absolute Gasteiger partial charge is 0.238 e. The summed E-state index contributed by atoms with van der Waals surface area (Å²) in [4.78, 5) is 24.6. The maximum Gasteiger partial charge on any atom is 0.238 e. The first kappa shape index (κ1) is 45.7. The van der Waals surface area contributed by atoms with Gasteiger partial charge in [-0.25, -0.2) is 0 Å². The molecular weight excluding hydrogens is 792 g/mol. The van der Waals surface area contributed by atoms with Crippen LogP contribution in [0, 0.1) is 0 Å². The summed E-state index contributed by atoms with van der Waals surface area (Å²) in [5, 5.41) is 67.2. The first-order valence-electron chi connectivity index (χ1n) is 20.0. The molecule has 13 atom stereocenters. The molecule has 2 aliphatic heterocycles. The zero-order valence-corrected chi connectivity index (χ0v) is 33.5. The van der Waals surface area contributed by atoms with Crippen LogP contribution in [0.25, 0.3) is 0 Å². The van der Waals surface area contributed by atoms with Crippen LogP contribution in [0.3, 0.4) is 0 Å². The molecule has 16 nitrogen and oxygen atoms in total. The van der Waals surface area contributed by atoms with Crippen LogP contribution in [0.4, 0.5) is 0 Å². The third kappa shape index (κ3) is 11.8. The van der Waals surface area contributed by atoms with Crippen molar-refractivity contribution in [2.45, 2.75) is 106 Å². The highest BCUT2D eigenvalue weighted by molar-refractivity contribution is 5.85. The third-order valence-electron chi connectivity index (χ3n) is 10.8. The third-order valence-corrected chi connectivity index (χ3v) is 10.8. The Balaban J connectivity index is 0.989. The fourth-order valence-electron chi connectivity index (χ4n) is 7.11. The molecule has 0 spiro atoms. The predicted molar refractivity (Wildman–Crippen MR) is 217 cm³/mol. The van der Waals surface area contributed by atoms with E-state index in [4.69, 9.17) is 34.2 Å². The number of benzene rings is 4. The number of aliphatic hydroxyl groups excluding tert-OH is 6. The fourth-order valence-corrected chi connectivity index (χ4v) is 7.11. The molecule has 9 N–H and O–H groups in total. The van der Waals surface area contributed by atoms with E-state index in [9.17, 15) is 40.2 Å². The Bertz CT molecular complexity index is 1940. The molecule has 0 saturated carbocycles. The molecule has 1 amide bonds. The van der Waals surface area contributed by atoms with Gasteiger partial charge in [-0.05, 0) is 46.5 Å². The molecule has 16 heteroatoms. The average molecular weight is 846 g/mol. The number of aliphatic hydroxyl groups is 6. The normalized spacial score (nSPS) is 27.9. The minimum Gasteiger partial charge on any atom is -0.489 e. The van der Waals surface area contributed by atoms with Gasteiger partial charge in [-0.2, -0.15) is 0 Å². The van der Waals surface area contributed by atoms with E-state index < -0.39 is 92.6 Å². The summed E-state index contributed by atoms with van der Waals surface area (Å²) >= 11 is 0. The summed E-state index contributed by atoms with van der Waals surface area (Å²) in [6.07, 6.45) is -13.2. The molecule has 6 rings (SSSR count). The molecule has 0 bridgehead atoms. The molecule has 4 aromatic rings. The number of hydrogen-bond acceptors (Lipinski definition) is 15. The number of carbonyl (C=O) groups excluding carboxylic acids is 2. The molecule has 61 heavy (non-hydrogen) atoms. The monoisotopic (exact) mass is 845 g/mol. The summed E-state index contributed by atoms with van der Waals surface area (Å²) in [5.74, 6) is 0.0418. The van der Waals surface area contributed by atoms with Crippen LogP contribution in [0.1, 0.15) is 35.1 Å². The molecule has 0 aliphatic carbocycles. The molecule has 0 aromatic heterocycles. The Hall–Kier alpha value is -4.82. The van der Waals surface area contributed by atoms with Crippen molar-refractivity contribution in [2.24, 2.45) is 5.73 Å². The quantitative estimate of drug-likeness (QED) is 0.0649. The predicted octanol–water partition coefficient (Wildman–Crippen LogP) is 0.761. The van der Waals surface area contributed by atoms with E-state index in [0.29, 0.717) is 17.9 Å². The average Bonchev–Trinajstić information content (AvgIpc) is 3.29. The van der Waals surface area contributed by atoms with Gasteiger partial charge < -0.3 is 70.1 Å². The fraction of sp³-hybridized carbons (Fsp3) is 0.422. The Labute approximate surface area is 353 Å². The van der Waals surface area contributed by atoms with Gasteiger partial charge in [0.25, 0.3) is 0 Å². The number of nitrogens with two attached hydrogens (primary N) is 1. The molecule has 327 valence electrons. The second-order valence-electron chi connectivity index (χ2n) is 15.1. The number of carbonyl (C=O) groups is 1. The molecule has 11 unspecified atom stereocenters. The van der Waals surface area contributed by atoms with E-state index in [-0.39, 0.29) is 24.7 Å². The van der Waals surface area contributed by atoms with Gasteiger partial charge in [0, 0.05) is 12.3 Å². The first-order valence-corrected chi connectivity index (χ1v) is 20.0. The Morgan fingerprint density at radius 2 is 1.25 bits per heavy atom. The van der Waals surface area contributed by atoms with Crippen LogP contribution in [0.2, 0.25) is 0 Å². The van der Waals surface area contributed by atoms with Gasteiger partial charge in [-0.15, -0.1) is 0 Å². The molecule has 1 radical (unpaired) electrons. The van der Waals surface area contributed by atoms with Crippen molar-refractivity contribution < 1.29 is 68.6 Å². The topological polar surface area (TPSA) is 249 Å². The van der Waals surface area contributed by atoms with E-state index in [0.717, 1.165) is 16.7 Å². The summed E-state index contributed by atoms with van der Waals surface area (Å²) < 4.78 is 34.9.